The molecular formula is C13H16N2O4. The number of carbonyl (C=O) groups excluding carboxylic acids is 3. The van der Waals surface area contributed by atoms with E-state index in [4.69, 9.17) is 5.73 Å². The molecule has 1 aromatic carbocycles. The van der Waals surface area contributed by atoms with Crippen LogP contribution in [0.1, 0.15) is 22.8 Å². The quantitative estimate of drug-likeness (QED) is 0.739. The molecule has 0 fully saturated rings. The second kappa shape index (κ2) is 6.53. The van der Waals surface area contributed by atoms with Crippen molar-refractivity contribution in [2.75, 3.05) is 6.61 Å². The minimum atomic E-state index is -0.854. The number of ether oxygens (including phenoxy) is 1. The number of carbonyl (C=O) groups is 3. The smallest absolute Gasteiger partial charge is 0.328 e. The summed E-state index contributed by atoms with van der Waals surface area (Å²) in [5.74, 6) is -1.84. The van der Waals surface area contributed by atoms with Crippen LogP contribution < -0.4 is 11.1 Å². The van der Waals surface area contributed by atoms with E-state index in [1.807, 2.05) is 13.0 Å². The fraction of sp³-hybridized carbons (Fsp3) is 0.308. The van der Waals surface area contributed by atoms with Crippen LogP contribution in [0.2, 0.25) is 0 Å². The van der Waals surface area contributed by atoms with Gasteiger partial charge >= 0.3 is 5.97 Å². The number of benzene rings is 1. The second-order valence-corrected chi connectivity index (χ2v) is 4.14. The first-order valence-electron chi connectivity index (χ1n) is 5.72. The Kier molecular flexibility index (Phi) is 5.05. The average Bonchev–Trinajstić information content (AvgIpc) is 2.35. The number of nitrogens with one attached hydrogen (secondary N) is 1. The van der Waals surface area contributed by atoms with E-state index >= 15 is 0 Å². The summed E-state index contributed by atoms with van der Waals surface area (Å²) in [5, 5.41) is 2.48. The molecule has 0 aromatic heterocycles. The van der Waals surface area contributed by atoms with Crippen LogP contribution >= 0.6 is 0 Å². The van der Waals surface area contributed by atoms with Crippen LogP contribution in [-0.4, -0.2) is 30.4 Å². The first-order chi connectivity index (χ1) is 8.90. The molecule has 0 unspecified atom stereocenters. The number of rotatable bonds is 5. The molecule has 0 heterocycles. The SMILES string of the molecule is Cc1cccc(C(=O)N[C@@H](C)C(=O)OCC(N)=O)c1. The molecule has 0 radical (unpaired) electrons. The lowest BCUT2D eigenvalue weighted by atomic mass is 10.1. The van der Waals surface area contributed by atoms with Gasteiger partial charge in [-0.3, -0.25) is 9.59 Å². The van der Waals surface area contributed by atoms with Gasteiger partial charge in [-0.1, -0.05) is 17.7 Å². The minimum absolute atomic E-state index is 0.382. The van der Waals surface area contributed by atoms with Crippen LogP contribution in [0.4, 0.5) is 0 Å². The molecule has 6 heteroatoms. The van der Waals surface area contributed by atoms with Crippen LogP contribution in [0.15, 0.2) is 24.3 Å². The molecule has 0 aliphatic heterocycles. The number of esters is 1. The number of nitrogens with two attached hydrogens (primary N) is 1. The van der Waals surface area contributed by atoms with E-state index < -0.39 is 24.5 Å². The third-order valence-corrected chi connectivity index (χ3v) is 2.34. The molecule has 1 rings (SSSR count). The van der Waals surface area contributed by atoms with Crippen molar-refractivity contribution < 1.29 is 19.1 Å². The fourth-order valence-corrected chi connectivity index (χ4v) is 1.39. The molecule has 0 bridgehead atoms. The van der Waals surface area contributed by atoms with Gasteiger partial charge < -0.3 is 15.8 Å². The van der Waals surface area contributed by atoms with Gasteiger partial charge in [-0.05, 0) is 26.0 Å². The first-order valence-corrected chi connectivity index (χ1v) is 5.72. The van der Waals surface area contributed by atoms with Gasteiger partial charge in [0, 0.05) is 5.56 Å². The summed E-state index contributed by atoms with van der Waals surface area (Å²) in [5.41, 5.74) is 6.24. The molecule has 0 aliphatic carbocycles. The maximum Gasteiger partial charge on any atom is 0.328 e. The number of aryl methyl sites for hydroxylation is 1. The van der Waals surface area contributed by atoms with E-state index in [-0.39, 0.29) is 5.91 Å². The second-order valence-electron chi connectivity index (χ2n) is 4.14. The van der Waals surface area contributed by atoms with E-state index in [1.54, 1.807) is 18.2 Å². The van der Waals surface area contributed by atoms with E-state index in [9.17, 15) is 14.4 Å². The topological polar surface area (TPSA) is 98.5 Å². The van der Waals surface area contributed by atoms with Gasteiger partial charge in [-0.2, -0.15) is 0 Å². The predicted molar refractivity (Wildman–Crippen MR) is 68.3 cm³/mol. The zero-order valence-corrected chi connectivity index (χ0v) is 10.8. The summed E-state index contributed by atoms with van der Waals surface area (Å²) in [6, 6.07) is 6.11. The van der Waals surface area contributed by atoms with Crippen LogP contribution in [0, 0.1) is 6.92 Å². The highest BCUT2D eigenvalue weighted by molar-refractivity contribution is 5.97. The maximum atomic E-state index is 11.8. The number of hydrogen-bond acceptors (Lipinski definition) is 4. The van der Waals surface area contributed by atoms with E-state index in [0.717, 1.165) is 5.56 Å². The van der Waals surface area contributed by atoms with Crippen molar-refractivity contribution in [1.29, 1.82) is 0 Å². The lowest BCUT2D eigenvalue weighted by molar-refractivity contribution is -0.149. The van der Waals surface area contributed by atoms with Gasteiger partial charge in [0.05, 0.1) is 0 Å². The van der Waals surface area contributed by atoms with Crippen molar-refractivity contribution in [2.24, 2.45) is 5.73 Å². The molecule has 19 heavy (non-hydrogen) atoms. The predicted octanol–water partition coefficient (Wildman–Crippen LogP) is 0.142. The Balaban J connectivity index is 2.56. The fourth-order valence-electron chi connectivity index (χ4n) is 1.39. The van der Waals surface area contributed by atoms with Crippen LogP contribution in [0.5, 0.6) is 0 Å². The molecular weight excluding hydrogens is 248 g/mol. The Labute approximate surface area is 110 Å². The van der Waals surface area contributed by atoms with Crippen molar-refractivity contribution >= 4 is 17.8 Å². The largest absolute Gasteiger partial charge is 0.454 e. The summed E-state index contributed by atoms with van der Waals surface area (Å²) < 4.78 is 4.60. The molecule has 1 atom stereocenters. The Bertz CT molecular complexity index is 499. The maximum absolute atomic E-state index is 11.8. The van der Waals surface area contributed by atoms with Crippen molar-refractivity contribution in [1.82, 2.24) is 5.32 Å². The third kappa shape index (κ3) is 4.79. The lowest BCUT2D eigenvalue weighted by Gasteiger charge is -2.12. The highest BCUT2D eigenvalue weighted by atomic mass is 16.5. The zero-order chi connectivity index (χ0) is 14.4. The monoisotopic (exact) mass is 264 g/mol. The molecule has 0 aliphatic rings. The van der Waals surface area contributed by atoms with Gasteiger partial charge in [0.25, 0.3) is 11.8 Å². The average molecular weight is 264 g/mol. The molecule has 2 amide bonds. The first kappa shape index (κ1) is 14.7. The molecule has 102 valence electrons. The summed E-state index contributed by atoms with van der Waals surface area (Å²) in [4.78, 5) is 33.7. The zero-order valence-electron chi connectivity index (χ0n) is 10.8. The van der Waals surface area contributed by atoms with Gasteiger partial charge in [-0.15, -0.1) is 0 Å². The van der Waals surface area contributed by atoms with Crippen molar-refractivity contribution in [3.8, 4) is 0 Å². The van der Waals surface area contributed by atoms with E-state index in [0.29, 0.717) is 5.56 Å². The van der Waals surface area contributed by atoms with Crippen molar-refractivity contribution in [3.05, 3.63) is 35.4 Å². The summed E-state index contributed by atoms with van der Waals surface area (Å²) in [7, 11) is 0. The number of amides is 2. The molecule has 0 saturated heterocycles. The van der Waals surface area contributed by atoms with Crippen molar-refractivity contribution in [3.63, 3.8) is 0 Å². The van der Waals surface area contributed by atoms with Crippen molar-refractivity contribution in [2.45, 2.75) is 19.9 Å². The van der Waals surface area contributed by atoms with Gasteiger partial charge in [0.2, 0.25) is 0 Å². The summed E-state index contributed by atoms with van der Waals surface area (Å²) in [6.45, 7) is 2.84. The highest BCUT2D eigenvalue weighted by Gasteiger charge is 2.18. The highest BCUT2D eigenvalue weighted by Crippen LogP contribution is 2.04. The Morgan fingerprint density at radius 2 is 2.05 bits per heavy atom. The van der Waals surface area contributed by atoms with Crippen LogP contribution in [-0.2, 0) is 14.3 Å². The third-order valence-electron chi connectivity index (χ3n) is 2.34. The van der Waals surface area contributed by atoms with E-state index in [1.165, 1.54) is 6.92 Å². The van der Waals surface area contributed by atoms with Crippen LogP contribution in [0.3, 0.4) is 0 Å². The van der Waals surface area contributed by atoms with Gasteiger partial charge in [0.15, 0.2) is 6.61 Å². The summed E-state index contributed by atoms with van der Waals surface area (Å²) in [6.07, 6.45) is 0. The van der Waals surface area contributed by atoms with Gasteiger partial charge in [0.1, 0.15) is 6.04 Å². The molecule has 1 aromatic rings. The van der Waals surface area contributed by atoms with Crippen LogP contribution in [0.25, 0.3) is 0 Å². The normalized spacial score (nSPS) is 11.5. The Morgan fingerprint density at radius 1 is 1.37 bits per heavy atom. The molecule has 0 spiro atoms. The Hall–Kier alpha value is -2.37. The molecule has 6 nitrogen and oxygen atoms in total. The Morgan fingerprint density at radius 3 is 2.63 bits per heavy atom. The minimum Gasteiger partial charge on any atom is -0.454 e. The van der Waals surface area contributed by atoms with Gasteiger partial charge in [-0.25, -0.2) is 4.79 Å². The number of hydrogen-bond donors (Lipinski definition) is 2. The van der Waals surface area contributed by atoms with E-state index in [2.05, 4.69) is 10.1 Å². The summed E-state index contributed by atoms with van der Waals surface area (Å²) >= 11 is 0. The molecule has 3 N–H and O–H groups in total. The standard InChI is InChI=1S/C13H16N2O4/c1-8-4-3-5-10(6-8)12(17)15-9(2)13(18)19-7-11(14)16/h3-6,9H,7H2,1-2H3,(H2,14,16)(H,15,17)/t9-/m0/s1. The number of primary amides is 1. The molecule has 0 saturated carbocycles. The lowest BCUT2D eigenvalue weighted by Crippen LogP contribution is -2.40.